The maximum Gasteiger partial charge on any atom is 0.243 e. The van der Waals surface area contributed by atoms with Crippen LogP contribution in [0.4, 0.5) is 0 Å². The summed E-state index contributed by atoms with van der Waals surface area (Å²) in [7, 11) is 0. The van der Waals surface area contributed by atoms with Crippen molar-refractivity contribution in [1.29, 1.82) is 0 Å². The molecule has 0 saturated heterocycles. The van der Waals surface area contributed by atoms with Crippen LogP contribution < -0.4 is 11.5 Å². The molecule has 1 aliphatic rings. The molecule has 0 aliphatic heterocycles. The van der Waals surface area contributed by atoms with E-state index in [0.717, 1.165) is 5.57 Å². The van der Waals surface area contributed by atoms with Crippen molar-refractivity contribution in [2.75, 3.05) is 0 Å². The zero-order chi connectivity index (χ0) is 9.35. The van der Waals surface area contributed by atoms with Crippen LogP contribution in [-0.4, -0.2) is 16.8 Å². The number of allylic oxidation sites excluding steroid dienone is 2. The summed E-state index contributed by atoms with van der Waals surface area (Å²) in [5.74, 6) is -0.605. The van der Waals surface area contributed by atoms with Crippen LogP contribution in [0.15, 0.2) is 23.8 Å². The first-order chi connectivity index (χ1) is 5.47. The lowest BCUT2D eigenvalue weighted by molar-refractivity contribution is -0.121. The average molecular weight is 187 g/mol. The van der Waals surface area contributed by atoms with Gasteiger partial charge in [-0.25, -0.2) is 0 Å². The second-order valence-electron chi connectivity index (χ2n) is 2.95. The molecule has 1 aliphatic carbocycles. The van der Waals surface area contributed by atoms with Crippen LogP contribution in [0.3, 0.4) is 0 Å². The molecule has 3 nitrogen and oxygen atoms in total. The first kappa shape index (κ1) is 9.29. The molecule has 0 radical (unpaired) electrons. The number of alkyl halides is 1. The topological polar surface area (TPSA) is 69.1 Å². The summed E-state index contributed by atoms with van der Waals surface area (Å²) in [6, 6.07) is 0. The van der Waals surface area contributed by atoms with Gasteiger partial charge in [-0.2, -0.15) is 0 Å². The summed E-state index contributed by atoms with van der Waals surface area (Å²) >= 11 is 5.83. The predicted molar refractivity (Wildman–Crippen MR) is 48.7 cm³/mol. The number of hydrogen-bond acceptors (Lipinski definition) is 2. The minimum absolute atomic E-state index is 0.557. The number of carbonyl (C=O) groups excluding carboxylic acids is 1. The Morgan fingerprint density at radius 2 is 2.33 bits per heavy atom. The summed E-state index contributed by atoms with van der Waals surface area (Å²) < 4.78 is 0. The van der Waals surface area contributed by atoms with Crippen LogP contribution in [0.5, 0.6) is 0 Å². The molecule has 1 amide bonds. The minimum Gasteiger partial charge on any atom is -0.368 e. The molecule has 2 atom stereocenters. The van der Waals surface area contributed by atoms with E-state index in [2.05, 4.69) is 0 Å². The molecule has 0 spiro atoms. The van der Waals surface area contributed by atoms with Crippen LogP contribution in [-0.2, 0) is 4.79 Å². The molecule has 0 aromatic heterocycles. The van der Waals surface area contributed by atoms with Crippen molar-refractivity contribution in [3.05, 3.63) is 23.8 Å². The third kappa shape index (κ3) is 1.38. The molecule has 0 bridgehead atoms. The van der Waals surface area contributed by atoms with Crippen LogP contribution in [0.1, 0.15) is 6.92 Å². The van der Waals surface area contributed by atoms with Gasteiger partial charge in [0.1, 0.15) is 5.54 Å². The van der Waals surface area contributed by atoms with Gasteiger partial charge in [0.15, 0.2) is 0 Å². The Kier molecular flexibility index (Phi) is 2.26. The van der Waals surface area contributed by atoms with Crippen molar-refractivity contribution in [3.63, 3.8) is 0 Å². The van der Waals surface area contributed by atoms with E-state index in [-0.39, 0.29) is 0 Å². The second kappa shape index (κ2) is 2.92. The number of hydrogen-bond donors (Lipinski definition) is 2. The molecular formula is C8H11ClN2O. The lowest BCUT2D eigenvalue weighted by Gasteiger charge is -2.28. The monoisotopic (exact) mass is 186 g/mol. The summed E-state index contributed by atoms with van der Waals surface area (Å²) in [6.07, 6.45) is 5.07. The summed E-state index contributed by atoms with van der Waals surface area (Å²) in [6.45, 7) is 1.84. The predicted octanol–water partition coefficient (Wildman–Crippen LogP) is 0.293. The second-order valence-corrected chi connectivity index (χ2v) is 3.42. The van der Waals surface area contributed by atoms with Crippen molar-refractivity contribution >= 4 is 17.5 Å². The Morgan fingerprint density at radius 3 is 2.75 bits per heavy atom. The van der Waals surface area contributed by atoms with Gasteiger partial charge in [0, 0.05) is 0 Å². The molecule has 0 aromatic carbocycles. The van der Waals surface area contributed by atoms with Gasteiger partial charge in [-0.05, 0) is 6.92 Å². The molecule has 0 heterocycles. The van der Waals surface area contributed by atoms with E-state index in [1.807, 2.05) is 13.0 Å². The van der Waals surface area contributed by atoms with Gasteiger partial charge in [0.25, 0.3) is 0 Å². The van der Waals surface area contributed by atoms with Crippen molar-refractivity contribution in [2.45, 2.75) is 17.8 Å². The first-order valence-corrected chi connectivity index (χ1v) is 4.01. The number of halogens is 1. The van der Waals surface area contributed by atoms with E-state index in [1.165, 1.54) is 0 Å². The highest BCUT2D eigenvalue weighted by molar-refractivity contribution is 6.25. The van der Waals surface area contributed by atoms with Crippen LogP contribution in [0.25, 0.3) is 0 Å². The Hall–Kier alpha value is -0.800. The highest BCUT2D eigenvalue weighted by Crippen LogP contribution is 2.23. The first-order valence-electron chi connectivity index (χ1n) is 3.57. The molecule has 1 rings (SSSR count). The maximum atomic E-state index is 11.0. The summed E-state index contributed by atoms with van der Waals surface area (Å²) in [5, 5.41) is -0.557. The van der Waals surface area contributed by atoms with Crippen molar-refractivity contribution in [1.82, 2.24) is 0 Å². The Balaban J connectivity index is 3.05. The smallest absolute Gasteiger partial charge is 0.243 e. The van der Waals surface area contributed by atoms with Crippen molar-refractivity contribution in [2.24, 2.45) is 11.5 Å². The normalized spacial score (nSPS) is 34.6. The quantitative estimate of drug-likeness (QED) is 0.578. The maximum absolute atomic E-state index is 11.0. The van der Waals surface area contributed by atoms with E-state index < -0.39 is 16.8 Å². The lowest BCUT2D eigenvalue weighted by Crippen LogP contribution is -2.57. The molecule has 4 N–H and O–H groups in total. The van der Waals surface area contributed by atoms with Gasteiger partial charge in [-0.15, -0.1) is 11.6 Å². The van der Waals surface area contributed by atoms with Gasteiger partial charge in [0.2, 0.25) is 5.91 Å². The van der Waals surface area contributed by atoms with Crippen molar-refractivity contribution < 1.29 is 4.79 Å². The molecule has 0 saturated carbocycles. The molecule has 0 aromatic rings. The highest BCUT2D eigenvalue weighted by atomic mass is 35.5. The summed E-state index contributed by atoms with van der Waals surface area (Å²) in [5.41, 5.74) is 10.5. The SMILES string of the molecule is CC1=CC(N)(C(N)=O)C(Cl)C=C1. The van der Waals surface area contributed by atoms with Gasteiger partial charge in [-0.1, -0.05) is 23.8 Å². The Bertz CT molecular complexity index is 272. The standard InChI is InChI=1S/C8H11ClN2O/c1-5-2-3-6(9)8(11,4-5)7(10)12/h2-4,6H,11H2,1H3,(H2,10,12). The fraction of sp³-hybridized carbons (Fsp3) is 0.375. The lowest BCUT2D eigenvalue weighted by atomic mass is 9.88. The Labute approximate surface area is 76.1 Å². The third-order valence-electron chi connectivity index (χ3n) is 1.88. The number of carbonyl (C=O) groups is 1. The van der Waals surface area contributed by atoms with Gasteiger partial charge < -0.3 is 11.5 Å². The van der Waals surface area contributed by atoms with E-state index in [1.54, 1.807) is 12.2 Å². The zero-order valence-electron chi connectivity index (χ0n) is 6.75. The van der Waals surface area contributed by atoms with E-state index in [0.29, 0.717) is 0 Å². The Morgan fingerprint density at radius 1 is 1.75 bits per heavy atom. The molecule has 0 fully saturated rings. The number of amides is 1. The highest BCUT2D eigenvalue weighted by Gasteiger charge is 2.37. The van der Waals surface area contributed by atoms with E-state index in [4.69, 9.17) is 23.1 Å². The van der Waals surface area contributed by atoms with Crippen LogP contribution in [0, 0.1) is 0 Å². The molecule has 4 heteroatoms. The van der Waals surface area contributed by atoms with Gasteiger partial charge >= 0.3 is 0 Å². The van der Waals surface area contributed by atoms with Crippen molar-refractivity contribution in [3.8, 4) is 0 Å². The molecular weight excluding hydrogens is 176 g/mol. The largest absolute Gasteiger partial charge is 0.368 e. The molecule has 2 unspecified atom stereocenters. The van der Waals surface area contributed by atoms with E-state index in [9.17, 15) is 4.79 Å². The van der Waals surface area contributed by atoms with Gasteiger partial charge in [-0.3, -0.25) is 4.79 Å². The minimum atomic E-state index is -1.24. The number of nitrogens with two attached hydrogens (primary N) is 2. The number of primary amides is 1. The fourth-order valence-electron chi connectivity index (χ4n) is 1.11. The fourth-order valence-corrected chi connectivity index (χ4v) is 1.35. The van der Waals surface area contributed by atoms with Crippen LogP contribution >= 0.6 is 11.6 Å². The van der Waals surface area contributed by atoms with Crippen LogP contribution in [0.2, 0.25) is 0 Å². The summed E-state index contributed by atoms with van der Waals surface area (Å²) in [4.78, 5) is 11.0. The zero-order valence-corrected chi connectivity index (χ0v) is 7.51. The number of rotatable bonds is 1. The molecule has 66 valence electrons. The van der Waals surface area contributed by atoms with Gasteiger partial charge in [0.05, 0.1) is 5.38 Å². The third-order valence-corrected chi connectivity index (χ3v) is 2.38. The van der Waals surface area contributed by atoms with E-state index >= 15 is 0 Å². The average Bonchev–Trinajstić information content (AvgIpc) is 1.97. The molecule has 12 heavy (non-hydrogen) atoms.